The number of anilines is 6. The van der Waals surface area contributed by atoms with Crippen LogP contribution in [-0.2, 0) is 0 Å². The van der Waals surface area contributed by atoms with E-state index in [4.69, 9.17) is 22.9 Å². The third-order valence-electron chi connectivity index (χ3n) is 5.92. The molecule has 0 spiro atoms. The SMILES string of the molecule is Nc1nc(N)nc(NCCCNCCCCCCCCCCCCNCCCNc2nc(N)nc(N)n2)n1. The van der Waals surface area contributed by atoms with Crippen molar-refractivity contribution in [2.75, 3.05) is 72.8 Å². The molecule has 0 bridgehead atoms. The fourth-order valence-corrected chi connectivity index (χ4v) is 3.97. The highest BCUT2D eigenvalue weighted by atomic mass is 15.2. The van der Waals surface area contributed by atoms with Crippen LogP contribution in [-0.4, -0.2) is 69.2 Å². The van der Waals surface area contributed by atoms with Crippen molar-refractivity contribution >= 4 is 35.7 Å². The molecule has 0 aliphatic carbocycles. The summed E-state index contributed by atoms with van der Waals surface area (Å²) >= 11 is 0. The van der Waals surface area contributed by atoms with Crippen molar-refractivity contribution in [2.45, 2.75) is 77.0 Å². The van der Waals surface area contributed by atoms with Crippen LogP contribution in [0.3, 0.4) is 0 Å². The Morgan fingerprint density at radius 1 is 0.342 bits per heavy atom. The minimum absolute atomic E-state index is 0.135. The fourth-order valence-electron chi connectivity index (χ4n) is 3.97. The molecular formula is C24H48N14. The predicted molar refractivity (Wildman–Crippen MR) is 155 cm³/mol. The van der Waals surface area contributed by atoms with Crippen molar-refractivity contribution in [2.24, 2.45) is 0 Å². The number of nitrogens with zero attached hydrogens (tertiary/aromatic N) is 6. The van der Waals surface area contributed by atoms with Crippen molar-refractivity contribution in [1.29, 1.82) is 0 Å². The average molecular weight is 533 g/mol. The summed E-state index contributed by atoms with van der Waals surface area (Å²) in [5.74, 6) is 1.40. The number of rotatable bonds is 23. The Bertz CT molecular complexity index is 769. The lowest BCUT2D eigenvalue weighted by molar-refractivity contribution is 0.532. The molecular weight excluding hydrogens is 484 g/mol. The Morgan fingerprint density at radius 3 is 0.974 bits per heavy atom. The molecule has 14 nitrogen and oxygen atoms in total. The van der Waals surface area contributed by atoms with Crippen molar-refractivity contribution in [3.8, 4) is 0 Å². The van der Waals surface area contributed by atoms with Gasteiger partial charge in [-0.05, 0) is 51.9 Å². The van der Waals surface area contributed by atoms with Gasteiger partial charge in [0, 0.05) is 13.1 Å². The number of unbranched alkanes of at least 4 members (excludes halogenated alkanes) is 9. The Morgan fingerprint density at radius 2 is 0.632 bits per heavy atom. The van der Waals surface area contributed by atoms with Gasteiger partial charge in [0.15, 0.2) is 0 Å². The highest BCUT2D eigenvalue weighted by Crippen LogP contribution is 2.10. The molecule has 2 aromatic heterocycles. The number of hydrogen-bond acceptors (Lipinski definition) is 14. The van der Waals surface area contributed by atoms with Crippen molar-refractivity contribution in [3.05, 3.63) is 0 Å². The maximum absolute atomic E-state index is 5.55. The minimum Gasteiger partial charge on any atom is -0.368 e. The van der Waals surface area contributed by atoms with E-state index >= 15 is 0 Å². The highest BCUT2D eigenvalue weighted by molar-refractivity contribution is 5.37. The second-order valence-corrected chi connectivity index (χ2v) is 9.35. The number of nitrogens with two attached hydrogens (primary N) is 4. The maximum atomic E-state index is 5.55. The molecule has 0 aliphatic rings. The molecule has 0 amide bonds. The molecule has 2 aromatic rings. The largest absolute Gasteiger partial charge is 0.368 e. The molecule has 0 saturated heterocycles. The van der Waals surface area contributed by atoms with E-state index in [0.717, 1.165) is 52.1 Å². The zero-order chi connectivity index (χ0) is 27.3. The lowest BCUT2D eigenvalue weighted by atomic mass is 10.1. The van der Waals surface area contributed by atoms with Gasteiger partial charge in [0.1, 0.15) is 0 Å². The molecule has 214 valence electrons. The molecule has 12 N–H and O–H groups in total. The predicted octanol–water partition coefficient (Wildman–Crippen LogP) is 1.77. The summed E-state index contributed by atoms with van der Waals surface area (Å²) < 4.78 is 0. The van der Waals surface area contributed by atoms with Gasteiger partial charge in [0.2, 0.25) is 35.7 Å². The molecule has 0 aromatic carbocycles. The Hall–Kier alpha value is -3.26. The van der Waals surface area contributed by atoms with E-state index in [2.05, 4.69) is 51.2 Å². The molecule has 38 heavy (non-hydrogen) atoms. The van der Waals surface area contributed by atoms with Gasteiger partial charge in [-0.1, -0.05) is 51.4 Å². The first-order chi connectivity index (χ1) is 18.5. The fraction of sp³-hybridized carbons (Fsp3) is 0.750. The smallest absolute Gasteiger partial charge is 0.229 e. The molecule has 2 rings (SSSR count). The van der Waals surface area contributed by atoms with Crippen LogP contribution >= 0.6 is 0 Å². The second-order valence-electron chi connectivity index (χ2n) is 9.35. The quantitative estimate of drug-likeness (QED) is 0.0953. The first-order valence-electron chi connectivity index (χ1n) is 14.0. The third-order valence-corrected chi connectivity index (χ3v) is 5.92. The van der Waals surface area contributed by atoms with Crippen LogP contribution in [0, 0.1) is 0 Å². The van der Waals surface area contributed by atoms with E-state index in [1.807, 2.05) is 0 Å². The first-order valence-corrected chi connectivity index (χ1v) is 14.0. The standard InChI is InChI=1S/C24H48N14/c25-19-33-20(26)36-23(35-19)31-17-11-15-29-13-9-7-5-3-1-2-4-6-8-10-14-30-16-12-18-32-24-37-21(27)34-22(28)38-24/h29-30H,1-18H2,(H5,25,26,31,33,35,36)(H5,27,28,32,34,37,38). The van der Waals surface area contributed by atoms with Gasteiger partial charge < -0.3 is 44.2 Å². The molecule has 0 fully saturated rings. The highest BCUT2D eigenvalue weighted by Gasteiger charge is 2.01. The van der Waals surface area contributed by atoms with Crippen molar-refractivity contribution in [3.63, 3.8) is 0 Å². The van der Waals surface area contributed by atoms with Crippen LogP contribution in [0.2, 0.25) is 0 Å². The van der Waals surface area contributed by atoms with Gasteiger partial charge in [-0.25, -0.2) is 0 Å². The van der Waals surface area contributed by atoms with E-state index in [1.54, 1.807) is 0 Å². The van der Waals surface area contributed by atoms with E-state index in [0.29, 0.717) is 11.9 Å². The summed E-state index contributed by atoms with van der Waals surface area (Å²) in [6, 6.07) is 0. The van der Waals surface area contributed by atoms with Crippen LogP contribution in [0.1, 0.15) is 77.0 Å². The average Bonchev–Trinajstić information content (AvgIpc) is 2.86. The Kier molecular flexibility index (Phi) is 16.1. The molecule has 0 aliphatic heterocycles. The summed E-state index contributed by atoms with van der Waals surface area (Å²) in [6.07, 6.45) is 15.1. The number of nitrogen functional groups attached to an aromatic ring is 4. The zero-order valence-electron chi connectivity index (χ0n) is 22.7. The van der Waals surface area contributed by atoms with Crippen molar-refractivity contribution in [1.82, 2.24) is 40.5 Å². The minimum atomic E-state index is 0.135. The van der Waals surface area contributed by atoms with Gasteiger partial charge in [0.25, 0.3) is 0 Å². The summed E-state index contributed by atoms with van der Waals surface area (Å²) in [4.78, 5) is 23.5. The number of aromatic nitrogens is 6. The Labute approximate surface area is 226 Å². The molecule has 0 unspecified atom stereocenters. The first kappa shape index (κ1) is 31.0. The molecule has 14 heteroatoms. The topological polar surface area (TPSA) is 230 Å². The van der Waals surface area contributed by atoms with E-state index < -0.39 is 0 Å². The maximum Gasteiger partial charge on any atom is 0.229 e. The summed E-state index contributed by atoms with van der Waals surface area (Å²) in [5.41, 5.74) is 22.2. The summed E-state index contributed by atoms with van der Waals surface area (Å²) in [7, 11) is 0. The van der Waals surface area contributed by atoms with Crippen LogP contribution in [0.15, 0.2) is 0 Å². The molecule has 0 radical (unpaired) electrons. The van der Waals surface area contributed by atoms with Gasteiger partial charge in [-0.3, -0.25) is 0 Å². The lowest BCUT2D eigenvalue weighted by Gasteiger charge is -2.07. The van der Waals surface area contributed by atoms with Crippen molar-refractivity contribution < 1.29 is 0 Å². The van der Waals surface area contributed by atoms with Crippen LogP contribution in [0.5, 0.6) is 0 Å². The van der Waals surface area contributed by atoms with Gasteiger partial charge >= 0.3 is 0 Å². The zero-order valence-corrected chi connectivity index (χ0v) is 22.7. The van der Waals surface area contributed by atoms with Gasteiger partial charge in [-0.2, -0.15) is 29.9 Å². The summed E-state index contributed by atoms with van der Waals surface area (Å²) in [6.45, 7) is 5.59. The van der Waals surface area contributed by atoms with E-state index in [-0.39, 0.29) is 23.8 Å². The molecule has 0 saturated carbocycles. The lowest BCUT2D eigenvalue weighted by Crippen LogP contribution is -2.20. The third kappa shape index (κ3) is 15.8. The van der Waals surface area contributed by atoms with Gasteiger partial charge in [-0.15, -0.1) is 0 Å². The van der Waals surface area contributed by atoms with Crippen LogP contribution < -0.4 is 44.2 Å². The number of nitrogens with one attached hydrogen (secondary N) is 4. The van der Waals surface area contributed by atoms with E-state index in [9.17, 15) is 0 Å². The second kappa shape index (κ2) is 19.8. The van der Waals surface area contributed by atoms with Gasteiger partial charge in [0.05, 0.1) is 0 Å². The summed E-state index contributed by atoms with van der Waals surface area (Å²) in [5, 5.41) is 13.2. The molecule has 2 heterocycles. The number of hydrogen-bond donors (Lipinski definition) is 8. The Balaban J connectivity index is 1.24. The van der Waals surface area contributed by atoms with E-state index in [1.165, 1.54) is 64.2 Å². The normalized spacial score (nSPS) is 11.1. The molecule has 0 atom stereocenters. The van der Waals surface area contributed by atoms with Crippen LogP contribution in [0.4, 0.5) is 35.7 Å². The monoisotopic (exact) mass is 532 g/mol. The van der Waals surface area contributed by atoms with Crippen LogP contribution in [0.25, 0.3) is 0 Å².